The average Bonchev–Trinajstić information content (AvgIpc) is 3.58. The predicted octanol–water partition coefficient (Wildman–Crippen LogP) is 2.35. The first kappa shape index (κ1) is 27.6. The normalized spacial score (nSPS) is 19.1. The fourth-order valence-electron chi connectivity index (χ4n) is 5.12. The highest BCUT2D eigenvalue weighted by Gasteiger charge is 2.41. The second-order valence-corrected chi connectivity index (χ2v) is 12.3. The monoisotopic (exact) mass is 569 g/mol. The molecule has 0 unspecified atom stereocenters. The highest BCUT2D eigenvalue weighted by Crippen LogP contribution is 2.37. The van der Waals surface area contributed by atoms with E-state index in [-0.39, 0.29) is 28.8 Å². The zero-order chi connectivity index (χ0) is 28.5. The molecular formula is C26H31N7O6S. The van der Waals surface area contributed by atoms with Gasteiger partial charge in [0.05, 0.1) is 41.7 Å². The number of carbonyl (C=O) groups is 1. The molecule has 1 amide bonds. The Labute approximate surface area is 231 Å². The van der Waals surface area contributed by atoms with Crippen molar-refractivity contribution in [3.8, 4) is 6.07 Å². The molecule has 2 N–H and O–H groups in total. The van der Waals surface area contributed by atoms with Crippen LogP contribution in [0.25, 0.3) is 10.9 Å². The van der Waals surface area contributed by atoms with Crippen LogP contribution in [0.5, 0.6) is 0 Å². The highest BCUT2D eigenvalue weighted by molar-refractivity contribution is 7.89. The number of likely N-dealkylation sites (tertiary alicyclic amines) is 1. The maximum absolute atomic E-state index is 12.9. The average molecular weight is 570 g/mol. The Morgan fingerprint density at radius 2 is 2.00 bits per heavy atom. The quantitative estimate of drug-likeness (QED) is 0.435. The number of rotatable bonds is 7. The van der Waals surface area contributed by atoms with Crippen LogP contribution in [0, 0.1) is 11.3 Å². The molecular weight excluding hydrogens is 538 g/mol. The molecule has 14 heteroatoms. The molecule has 2 aliphatic rings. The van der Waals surface area contributed by atoms with Crippen LogP contribution in [0.3, 0.4) is 0 Å². The van der Waals surface area contributed by atoms with E-state index in [0.717, 1.165) is 4.31 Å². The van der Waals surface area contributed by atoms with Gasteiger partial charge in [-0.25, -0.2) is 17.5 Å². The van der Waals surface area contributed by atoms with Gasteiger partial charge < -0.3 is 24.7 Å². The van der Waals surface area contributed by atoms with Crippen LogP contribution in [-0.4, -0.2) is 85.0 Å². The van der Waals surface area contributed by atoms with Gasteiger partial charge in [0.2, 0.25) is 10.0 Å². The van der Waals surface area contributed by atoms with Gasteiger partial charge in [-0.1, -0.05) is 0 Å². The molecule has 4 heterocycles. The Hall–Kier alpha value is -3.93. The summed E-state index contributed by atoms with van der Waals surface area (Å²) in [4.78, 5) is 30.1. The zero-order valence-electron chi connectivity index (χ0n) is 22.3. The van der Waals surface area contributed by atoms with E-state index in [1.165, 1.54) is 32.4 Å². The van der Waals surface area contributed by atoms with Crippen molar-refractivity contribution in [2.75, 3.05) is 45.7 Å². The summed E-state index contributed by atoms with van der Waals surface area (Å²) in [6, 6.07) is 10.2. The molecule has 212 valence electrons. The summed E-state index contributed by atoms with van der Waals surface area (Å²) >= 11 is 0. The largest absolute Gasteiger partial charge is 0.444 e. The molecule has 2 saturated heterocycles. The molecule has 2 fully saturated rings. The number of nitrogens with zero attached hydrogens (tertiary/aromatic N) is 5. The van der Waals surface area contributed by atoms with E-state index in [1.54, 1.807) is 27.8 Å². The Kier molecular flexibility index (Phi) is 7.54. The summed E-state index contributed by atoms with van der Waals surface area (Å²) in [5.74, 6) is 0.278. The number of pyridine rings is 1. The minimum Gasteiger partial charge on any atom is -0.444 e. The highest BCUT2D eigenvalue weighted by atomic mass is 32.2. The number of aromatic nitrogens is 3. The van der Waals surface area contributed by atoms with Crippen LogP contribution in [0.4, 0.5) is 16.3 Å². The number of anilines is 2. The fraction of sp³-hybridized carbons (Fsp3) is 0.462. The number of H-pyrrole nitrogens is 1. The minimum absolute atomic E-state index is 0.131. The summed E-state index contributed by atoms with van der Waals surface area (Å²) in [6.07, 6.45) is 2.58. The number of piperidine rings is 1. The number of amides is 1. The molecule has 0 radical (unpaired) electrons. The van der Waals surface area contributed by atoms with E-state index in [4.69, 9.17) is 14.6 Å². The van der Waals surface area contributed by atoms with Crippen molar-refractivity contribution >= 4 is 38.5 Å². The topological polar surface area (TPSA) is 163 Å². The number of benzene rings is 1. The molecule has 13 nitrogen and oxygen atoms in total. The molecule has 1 aromatic carbocycles. The molecule has 2 aromatic heterocycles. The smallest absolute Gasteiger partial charge is 0.410 e. The minimum atomic E-state index is -3.59. The second-order valence-electron chi connectivity index (χ2n) is 10.2. The Balaban J connectivity index is 1.43. The van der Waals surface area contributed by atoms with Crippen molar-refractivity contribution in [2.45, 2.75) is 42.2 Å². The molecule has 40 heavy (non-hydrogen) atoms. The predicted molar refractivity (Wildman–Crippen MR) is 146 cm³/mol. The number of aromatic amines is 1. The van der Waals surface area contributed by atoms with Gasteiger partial charge in [0.1, 0.15) is 11.5 Å². The number of fused-ring (bicyclic) bond motifs is 1. The van der Waals surface area contributed by atoms with Crippen LogP contribution in [0.15, 0.2) is 46.2 Å². The lowest BCUT2D eigenvalue weighted by atomic mass is 9.85. The van der Waals surface area contributed by atoms with E-state index < -0.39 is 21.7 Å². The van der Waals surface area contributed by atoms with Crippen LogP contribution in [-0.2, 0) is 25.0 Å². The molecule has 3 aromatic rings. The van der Waals surface area contributed by atoms with Crippen molar-refractivity contribution in [1.29, 1.82) is 5.26 Å². The lowest BCUT2D eigenvalue weighted by molar-refractivity contribution is 0.0357. The van der Waals surface area contributed by atoms with E-state index in [0.29, 0.717) is 62.2 Å². The van der Waals surface area contributed by atoms with Gasteiger partial charge in [-0.15, -0.1) is 0 Å². The number of nitriles is 1. The van der Waals surface area contributed by atoms with E-state index in [1.807, 2.05) is 0 Å². The van der Waals surface area contributed by atoms with E-state index >= 15 is 0 Å². The maximum atomic E-state index is 12.9. The molecule has 0 spiro atoms. The van der Waals surface area contributed by atoms with E-state index in [2.05, 4.69) is 16.4 Å². The third kappa shape index (κ3) is 5.15. The number of hydrogen-bond acceptors (Lipinski definition) is 9. The van der Waals surface area contributed by atoms with Gasteiger partial charge in [0.25, 0.3) is 5.56 Å². The Morgan fingerprint density at radius 1 is 1.27 bits per heavy atom. The first-order valence-corrected chi connectivity index (χ1v) is 14.4. The summed E-state index contributed by atoms with van der Waals surface area (Å²) in [5.41, 5.74) is -0.0230. The van der Waals surface area contributed by atoms with Gasteiger partial charge in [-0.3, -0.25) is 9.48 Å². The molecule has 0 saturated carbocycles. The van der Waals surface area contributed by atoms with Crippen LogP contribution >= 0.6 is 0 Å². The van der Waals surface area contributed by atoms with Gasteiger partial charge in [-0.2, -0.15) is 10.4 Å². The number of ether oxygens (including phenoxy) is 2. The Bertz CT molecular complexity index is 1590. The third-order valence-corrected chi connectivity index (χ3v) is 9.29. The Morgan fingerprint density at radius 3 is 2.62 bits per heavy atom. The summed E-state index contributed by atoms with van der Waals surface area (Å²) in [5, 5.41) is 18.0. The van der Waals surface area contributed by atoms with Crippen LogP contribution in [0.1, 0.15) is 25.7 Å². The standard InChI is InChI=1S/C26H31N7O6S/c1-31(2)40(36,37)20-5-3-18(4-6-20)29-23-22-21(7-13-28-24(22)34)33(30-23)26(9-12-27)10-14-32(15-11-26)25(35)39-19-8-16-38-17-19/h3-7,13,19H,8-11,14-17H2,1-2H3,(H,28,34)(H,29,30)/t19-/m0/s1. The number of sulfonamides is 1. The molecule has 0 bridgehead atoms. The lowest BCUT2D eigenvalue weighted by Gasteiger charge is -2.40. The van der Waals surface area contributed by atoms with Gasteiger partial charge in [-0.05, 0) is 43.2 Å². The van der Waals surface area contributed by atoms with E-state index in [9.17, 15) is 23.3 Å². The molecule has 2 aliphatic heterocycles. The molecule has 0 aliphatic carbocycles. The first-order chi connectivity index (χ1) is 19.1. The fourth-order valence-corrected chi connectivity index (χ4v) is 6.02. The second kappa shape index (κ2) is 10.9. The zero-order valence-corrected chi connectivity index (χ0v) is 23.1. The summed E-state index contributed by atoms with van der Waals surface area (Å²) in [6.45, 7) is 1.70. The molecule has 5 rings (SSSR count). The lowest BCUT2D eigenvalue weighted by Crippen LogP contribution is -2.49. The van der Waals surface area contributed by atoms with Crippen LogP contribution < -0.4 is 10.9 Å². The third-order valence-electron chi connectivity index (χ3n) is 7.46. The van der Waals surface area contributed by atoms with Crippen molar-refractivity contribution < 1.29 is 22.7 Å². The van der Waals surface area contributed by atoms with Crippen molar-refractivity contribution in [1.82, 2.24) is 24.0 Å². The molecule has 1 atom stereocenters. The van der Waals surface area contributed by atoms with Gasteiger partial charge in [0, 0.05) is 45.5 Å². The van der Waals surface area contributed by atoms with Crippen molar-refractivity contribution in [3.05, 3.63) is 46.9 Å². The van der Waals surface area contributed by atoms with Gasteiger partial charge in [0.15, 0.2) is 5.82 Å². The summed E-state index contributed by atoms with van der Waals surface area (Å²) < 4.78 is 38.6. The number of nitrogens with one attached hydrogen (secondary N) is 2. The van der Waals surface area contributed by atoms with Crippen molar-refractivity contribution in [2.24, 2.45) is 0 Å². The van der Waals surface area contributed by atoms with Crippen molar-refractivity contribution in [3.63, 3.8) is 0 Å². The number of hydrogen-bond donors (Lipinski definition) is 2. The van der Waals surface area contributed by atoms with Gasteiger partial charge >= 0.3 is 6.09 Å². The first-order valence-electron chi connectivity index (χ1n) is 13.0. The maximum Gasteiger partial charge on any atom is 0.410 e. The number of carbonyl (C=O) groups excluding carboxylic acids is 1. The summed E-state index contributed by atoms with van der Waals surface area (Å²) in [7, 11) is -0.673. The SMILES string of the molecule is CN(C)S(=O)(=O)c1ccc(Nc2nn(C3(CC#N)CCN(C(=O)O[C@H]4CCOC4)CC3)c3cc[nH]c(=O)c23)cc1. The van der Waals surface area contributed by atoms with Crippen LogP contribution in [0.2, 0.25) is 0 Å².